The summed E-state index contributed by atoms with van der Waals surface area (Å²) in [5.41, 5.74) is 0.177. The third kappa shape index (κ3) is 5.36. The number of para-hydroxylation sites is 2. The molecular formula is C24H26ClN5O4. The Morgan fingerprint density at radius 1 is 1.18 bits per heavy atom. The minimum Gasteiger partial charge on any atom is -0.474 e. The molecule has 178 valence electrons. The summed E-state index contributed by atoms with van der Waals surface area (Å²) in [4.78, 5) is 51.3. The summed E-state index contributed by atoms with van der Waals surface area (Å²) < 4.78 is 5.89. The Morgan fingerprint density at radius 2 is 1.91 bits per heavy atom. The van der Waals surface area contributed by atoms with E-state index in [9.17, 15) is 14.4 Å². The van der Waals surface area contributed by atoms with Crippen LogP contribution in [0.1, 0.15) is 37.2 Å². The molecule has 3 heterocycles. The summed E-state index contributed by atoms with van der Waals surface area (Å²) >= 11 is 5.86. The molecular weight excluding hydrogens is 458 g/mol. The number of benzene rings is 1. The van der Waals surface area contributed by atoms with Crippen molar-refractivity contribution in [3.8, 4) is 5.88 Å². The maximum absolute atomic E-state index is 13.2. The molecule has 0 bridgehead atoms. The molecule has 1 aliphatic rings. The van der Waals surface area contributed by atoms with Gasteiger partial charge in [0.1, 0.15) is 12.1 Å². The smallest absolute Gasteiger partial charge is 0.280 e. The Balaban J connectivity index is 1.40. The van der Waals surface area contributed by atoms with Crippen molar-refractivity contribution in [3.05, 3.63) is 63.7 Å². The SMILES string of the molecule is CC(C)[C@H](NC(=O)c1nc2ccccc2[nH]c1=O)C(=O)N1CCC(Oc2ccc(Cl)cn2)CC1. The first-order valence-corrected chi connectivity index (χ1v) is 11.6. The number of H-pyrrole nitrogens is 1. The molecule has 1 saturated heterocycles. The van der Waals surface area contributed by atoms with Crippen molar-refractivity contribution in [1.29, 1.82) is 0 Å². The van der Waals surface area contributed by atoms with Crippen LogP contribution in [-0.2, 0) is 4.79 Å². The number of carbonyl (C=O) groups is 2. The highest BCUT2D eigenvalue weighted by Crippen LogP contribution is 2.20. The van der Waals surface area contributed by atoms with Crippen LogP contribution < -0.4 is 15.6 Å². The lowest BCUT2D eigenvalue weighted by molar-refractivity contribution is -0.136. The number of halogens is 1. The molecule has 2 amide bonds. The largest absolute Gasteiger partial charge is 0.474 e. The average Bonchev–Trinajstić information content (AvgIpc) is 2.83. The van der Waals surface area contributed by atoms with Crippen molar-refractivity contribution in [2.45, 2.75) is 38.8 Å². The number of rotatable bonds is 6. The van der Waals surface area contributed by atoms with Gasteiger partial charge < -0.3 is 19.9 Å². The Kier molecular flexibility index (Phi) is 7.12. The number of hydrogen-bond donors (Lipinski definition) is 2. The summed E-state index contributed by atoms with van der Waals surface area (Å²) in [6.07, 6.45) is 2.74. The molecule has 1 fully saturated rings. The molecule has 2 N–H and O–H groups in total. The molecule has 3 aromatic rings. The maximum atomic E-state index is 13.2. The van der Waals surface area contributed by atoms with Crippen molar-refractivity contribution in [1.82, 2.24) is 25.2 Å². The highest BCUT2D eigenvalue weighted by molar-refractivity contribution is 6.30. The number of aromatic amines is 1. The number of pyridine rings is 1. The molecule has 1 aliphatic heterocycles. The maximum Gasteiger partial charge on any atom is 0.280 e. The highest BCUT2D eigenvalue weighted by Gasteiger charge is 2.32. The van der Waals surface area contributed by atoms with Gasteiger partial charge in [-0.05, 0) is 24.1 Å². The fourth-order valence-electron chi connectivity index (χ4n) is 3.90. The topological polar surface area (TPSA) is 117 Å². The van der Waals surface area contributed by atoms with E-state index in [2.05, 4.69) is 20.3 Å². The minimum absolute atomic E-state index is 0.0647. The molecule has 1 aromatic carbocycles. The van der Waals surface area contributed by atoms with Gasteiger partial charge in [0.2, 0.25) is 11.8 Å². The second-order valence-electron chi connectivity index (χ2n) is 8.58. The first kappa shape index (κ1) is 23.7. The average molecular weight is 484 g/mol. The lowest BCUT2D eigenvalue weighted by atomic mass is 10.00. The van der Waals surface area contributed by atoms with Crippen LogP contribution in [0.4, 0.5) is 0 Å². The van der Waals surface area contributed by atoms with E-state index in [4.69, 9.17) is 16.3 Å². The van der Waals surface area contributed by atoms with Crippen LogP contribution >= 0.6 is 11.6 Å². The number of nitrogens with one attached hydrogen (secondary N) is 2. The fraction of sp³-hybridized carbons (Fsp3) is 0.375. The number of fused-ring (bicyclic) bond motifs is 1. The summed E-state index contributed by atoms with van der Waals surface area (Å²) in [5, 5.41) is 3.26. The van der Waals surface area contributed by atoms with E-state index in [1.165, 1.54) is 6.20 Å². The number of aromatic nitrogens is 3. The monoisotopic (exact) mass is 483 g/mol. The zero-order chi connectivity index (χ0) is 24.2. The Bertz CT molecular complexity index is 1240. The summed E-state index contributed by atoms with van der Waals surface area (Å²) in [5.74, 6) is -0.549. The second-order valence-corrected chi connectivity index (χ2v) is 9.02. The zero-order valence-corrected chi connectivity index (χ0v) is 19.7. The quantitative estimate of drug-likeness (QED) is 0.556. The van der Waals surface area contributed by atoms with Crippen LogP contribution in [0.5, 0.6) is 5.88 Å². The predicted octanol–water partition coefficient (Wildman–Crippen LogP) is 2.80. The van der Waals surface area contributed by atoms with E-state index in [-0.39, 0.29) is 23.6 Å². The fourth-order valence-corrected chi connectivity index (χ4v) is 4.01. The molecule has 1 atom stereocenters. The minimum atomic E-state index is -0.782. The van der Waals surface area contributed by atoms with E-state index in [1.54, 1.807) is 41.3 Å². The number of amides is 2. The highest BCUT2D eigenvalue weighted by atomic mass is 35.5. The van der Waals surface area contributed by atoms with Crippen molar-refractivity contribution in [2.24, 2.45) is 5.92 Å². The van der Waals surface area contributed by atoms with Crippen molar-refractivity contribution in [3.63, 3.8) is 0 Å². The van der Waals surface area contributed by atoms with Crippen molar-refractivity contribution < 1.29 is 14.3 Å². The number of nitrogens with zero attached hydrogens (tertiary/aromatic N) is 3. The lowest BCUT2D eigenvalue weighted by Gasteiger charge is -2.35. The summed E-state index contributed by atoms with van der Waals surface area (Å²) in [6, 6.07) is 9.61. The van der Waals surface area contributed by atoms with Crippen LogP contribution in [0, 0.1) is 5.92 Å². The van der Waals surface area contributed by atoms with Gasteiger partial charge in [-0.2, -0.15) is 0 Å². The van der Waals surface area contributed by atoms with Crippen LogP contribution in [0.25, 0.3) is 11.0 Å². The number of ether oxygens (including phenoxy) is 1. The molecule has 4 rings (SSSR count). The number of hydrogen-bond acceptors (Lipinski definition) is 6. The van der Waals surface area contributed by atoms with Gasteiger partial charge in [0.15, 0.2) is 5.69 Å². The molecule has 0 saturated carbocycles. The van der Waals surface area contributed by atoms with Gasteiger partial charge in [-0.1, -0.05) is 37.6 Å². The Hall–Kier alpha value is -3.46. The number of piperidine rings is 1. The van der Waals surface area contributed by atoms with Gasteiger partial charge in [-0.3, -0.25) is 14.4 Å². The van der Waals surface area contributed by atoms with E-state index >= 15 is 0 Å². The molecule has 0 radical (unpaired) electrons. The van der Waals surface area contributed by atoms with Crippen LogP contribution in [0.15, 0.2) is 47.4 Å². The van der Waals surface area contributed by atoms with Crippen LogP contribution in [0.2, 0.25) is 5.02 Å². The van der Waals surface area contributed by atoms with Gasteiger partial charge in [-0.15, -0.1) is 0 Å². The first-order chi connectivity index (χ1) is 16.3. The van der Waals surface area contributed by atoms with E-state index in [1.807, 2.05) is 13.8 Å². The van der Waals surface area contributed by atoms with Gasteiger partial charge in [0.05, 0.1) is 16.1 Å². The summed E-state index contributed by atoms with van der Waals surface area (Å²) in [7, 11) is 0. The predicted molar refractivity (Wildman–Crippen MR) is 128 cm³/mol. The molecule has 2 aromatic heterocycles. The number of carbonyl (C=O) groups excluding carboxylic acids is 2. The molecule has 0 spiro atoms. The summed E-state index contributed by atoms with van der Waals surface area (Å²) in [6.45, 7) is 4.68. The third-order valence-corrected chi connectivity index (χ3v) is 6.00. The van der Waals surface area contributed by atoms with Crippen molar-refractivity contribution >= 4 is 34.4 Å². The molecule has 9 nitrogen and oxygen atoms in total. The van der Waals surface area contributed by atoms with Crippen molar-refractivity contribution in [2.75, 3.05) is 13.1 Å². The first-order valence-electron chi connectivity index (χ1n) is 11.2. The van der Waals surface area contributed by atoms with Gasteiger partial charge >= 0.3 is 0 Å². The molecule has 10 heteroatoms. The van der Waals surface area contributed by atoms with E-state index in [0.29, 0.717) is 47.9 Å². The standard InChI is InChI=1S/C24H26ClN5O4/c1-14(2)20(29-23(32)21-22(31)28-18-6-4-3-5-17(18)27-21)24(33)30-11-9-16(10-12-30)34-19-8-7-15(25)13-26-19/h3-8,13-14,16,20H,9-12H2,1-2H3,(H,28,31)(H,29,32)/t20-/m0/s1. The van der Waals surface area contributed by atoms with Gasteiger partial charge in [-0.25, -0.2) is 9.97 Å². The Morgan fingerprint density at radius 3 is 2.59 bits per heavy atom. The van der Waals surface area contributed by atoms with E-state index < -0.39 is 17.5 Å². The van der Waals surface area contributed by atoms with Crippen LogP contribution in [-0.4, -0.2) is 56.9 Å². The molecule has 0 aliphatic carbocycles. The molecule has 0 unspecified atom stereocenters. The Labute approximate surface area is 201 Å². The third-order valence-electron chi connectivity index (χ3n) is 5.78. The van der Waals surface area contributed by atoms with Crippen LogP contribution in [0.3, 0.4) is 0 Å². The van der Waals surface area contributed by atoms with Gasteiger partial charge in [0.25, 0.3) is 11.5 Å². The zero-order valence-electron chi connectivity index (χ0n) is 19.0. The number of likely N-dealkylation sites (tertiary alicyclic amines) is 1. The second kappa shape index (κ2) is 10.2. The van der Waals surface area contributed by atoms with Gasteiger partial charge in [0, 0.05) is 38.2 Å². The normalized spacial score (nSPS) is 15.4. The van der Waals surface area contributed by atoms with E-state index in [0.717, 1.165) is 0 Å². The molecule has 34 heavy (non-hydrogen) atoms. The lowest BCUT2D eigenvalue weighted by Crippen LogP contribution is -2.54.